The van der Waals surface area contributed by atoms with Crippen molar-refractivity contribution < 1.29 is 5.11 Å². The number of aryl methyl sites for hydroxylation is 1. The smallest absolute Gasteiger partial charge is 0.0926 e. The topological polar surface area (TPSA) is 41.3 Å². The standard InChI is InChI=1S/C17H21N3O/c1-19-17-6-7-20(10-15(17)16(11-21)18-19)14-8-12-4-2-3-5-13(12)9-14/h2-5,14,21H,6-11H2,1H3. The van der Waals surface area contributed by atoms with Gasteiger partial charge in [0.2, 0.25) is 0 Å². The van der Waals surface area contributed by atoms with Crippen LogP contribution in [0.1, 0.15) is 28.1 Å². The number of hydrogen-bond acceptors (Lipinski definition) is 3. The molecule has 1 aromatic carbocycles. The molecule has 1 aromatic heterocycles. The Hall–Kier alpha value is -1.65. The average molecular weight is 283 g/mol. The monoisotopic (exact) mass is 283 g/mol. The van der Waals surface area contributed by atoms with Crippen LogP contribution in [-0.2, 0) is 39.5 Å². The van der Waals surface area contributed by atoms with Crippen molar-refractivity contribution in [3.8, 4) is 0 Å². The maximum Gasteiger partial charge on any atom is 0.0926 e. The summed E-state index contributed by atoms with van der Waals surface area (Å²) in [6, 6.07) is 9.39. The Bertz CT molecular complexity index is 652. The minimum Gasteiger partial charge on any atom is -0.390 e. The first kappa shape index (κ1) is 13.0. The molecule has 4 nitrogen and oxygen atoms in total. The molecule has 0 amide bonds. The molecule has 0 saturated carbocycles. The van der Waals surface area contributed by atoms with Gasteiger partial charge in [-0.15, -0.1) is 0 Å². The summed E-state index contributed by atoms with van der Waals surface area (Å²) in [5, 5.41) is 14.0. The summed E-state index contributed by atoms with van der Waals surface area (Å²) in [6.07, 6.45) is 3.34. The lowest BCUT2D eigenvalue weighted by Gasteiger charge is -2.32. The van der Waals surface area contributed by atoms with Gasteiger partial charge in [-0.3, -0.25) is 9.58 Å². The van der Waals surface area contributed by atoms with E-state index in [1.54, 1.807) is 0 Å². The molecular weight excluding hydrogens is 262 g/mol. The van der Waals surface area contributed by atoms with Gasteiger partial charge in [0.1, 0.15) is 0 Å². The van der Waals surface area contributed by atoms with E-state index in [1.807, 2.05) is 11.7 Å². The average Bonchev–Trinajstić information content (AvgIpc) is 3.08. The number of aliphatic hydroxyl groups excluding tert-OH is 1. The second-order valence-corrected chi connectivity index (χ2v) is 6.20. The largest absolute Gasteiger partial charge is 0.390 e. The van der Waals surface area contributed by atoms with Crippen LogP contribution in [0.2, 0.25) is 0 Å². The van der Waals surface area contributed by atoms with E-state index in [0.717, 1.165) is 38.0 Å². The molecule has 0 bridgehead atoms. The molecule has 1 aliphatic carbocycles. The van der Waals surface area contributed by atoms with Crippen LogP contribution in [-0.4, -0.2) is 32.4 Å². The van der Waals surface area contributed by atoms with Crippen LogP contribution in [0, 0.1) is 0 Å². The predicted octanol–water partition coefficient (Wildman–Crippen LogP) is 1.44. The van der Waals surface area contributed by atoms with Crippen LogP contribution < -0.4 is 0 Å². The van der Waals surface area contributed by atoms with E-state index in [-0.39, 0.29) is 6.61 Å². The van der Waals surface area contributed by atoms with E-state index in [0.29, 0.717) is 6.04 Å². The first-order valence-electron chi connectivity index (χ1n) is 7.71. The minimum absolute atomic E-state index is 0.0436. The van der Waals surface area contributed by atoms with Crippen molar-refractivity contribution in [3.63, 3.8) is 0 Å². The Morgan fingerprint density at radius 3 is 2.62 bits per heavy atom. The van der Waals surface area contributed by atoms with Crippen LogP contribution in [0.3, 0.4) is 0 Å². The van der Waals surface area contributed by atoms with E-state index < -0.39 is 0 Å². The lowest BCUT2D eigenvalue weighted by atomic mass is 10.0. The maximum absolute atomic E-state index is 9.51. The van der Waals surface area contributed by atoms with E-state index in [4.69, 9.17) is 0 Å². The summed E-state index contributed by atoms with van der Waals surface area (Å²) < 4.78 is 1.95. The Balaban J connectivity index is 1.57. The first-order chi connectivity index (χ1) is 10.3. The van der Waals surface area contributed by atoms with Gasteiger partial charge in [0.05, 0.1) is 12.3 Å². The van der Waals surface area contributed by atoms with Gasteiger partial charge in [0.25, 0.3) is 0 Å². The molecule has 110 valence electrons. The Morgan fingerprint density at radius 2 is 1.95 bits per heavy atom. The zero-order chi connectivity index (χ0) is 14.4. The zero-order valence-electron chi connectivity index (χ0n) is 12.4. The fraction of sp³-hybridized carbons (Fsp3) is 0.471. The third-order valence-corrected chi connectivity index (χ3v) is 5.05. The van der Waals surface area contributed by atoms with Crippen molar-refractivity contribution >= 4 is 0 Å². The molecule has 0 saturated heterocycles. The molecule has 2 aliphatic rings. The molecule has 0 radical (unpaired) electrons. The number of aromatic nitrogens is 2. The zero-order valence-corrected chi connectivity index (χ0v) is 12.4. The van der Waals surface area contributed by atoms with Gasteiger partial charge in [0.15, 0.2) is 0 Å². The molecule has 0 atom stereocenters. The summed E-state index contributed by atoms with van der Waals surface area (Å²) in [7, 11) is 1.99. The van der Waals surface area contributed by atoms with Gasteiger partial charge in [-0.25, -0.2) is 0 Å². The molecule has 2 heterocycles. The van der Waals surface area contributed by atoms with Gasteiger partial charge >= 0.3 is 0 Å². The SMILES string of the molecule is Cn1nc(CO)c2c1CCN(C1Cc3ccccc3C1)C2. The molecule has 1 aliphatic heterocycles. The van der Waals surface area contributed by atoms with Crippen LogP contribution in [0.15, 0.2) is 24.3 Å². The molecule has 0 spiro atoms. The second-order valence-electron chi connectivity index (χ2n) is 6.20. The number of aliphatic hydroxyl groups is 1. The van der Waals surface area contributed by atoms with Crippen LogP contribution >= 0.6 is 0 Å². The molecule has 4 heteroatoms. The lowest BCUT2D eigenvalue weighted by Crippen LogP contribution is -2.40. The molecule has 1 N–H and O–H groups in total. The van der Waals surface area contributed by atoms with Crippen LogP contribution in [0.5, 0.6) is 0 Å². The highest BCUT2D eigenvalue weighted by atomic mass is 16.3. The highest BCUT2D eigenvalue weighted by Gasteiger charge is 2.31. The summed E-state index contributed by atoms with van der Waals surface area (Å²) in [4.78, 5) is 2.57. The number of fused-ring (bicyclic) bond motifs is 2. The molecular formula is C17H21N3O. The normalized spacial score (nSPS) is 18.8. The summed E-state index contributed by atoms with van der Waals surface area (Å²) >= 11 is 0. The number of rotatable bonds is 2. The molecule has 21 heavy (non-hydrogen) atoms. The highest BCUT2D eigenvalue weighted by Crippen LogP contribution is 2.30. The third-order valence-electron chi connectivity index (χ3n) is 5.05. The van der Waals surface area contributed by atoms with Crippen molar-refractivity contribution in [2.75, 3.05) is 6.54 Å². The molecule has 4 rings (SSSR count). The van der Waals surface area contributed by atoms with Crippen molar-refractivity contribution in [2.24, 2.45) is 7.05 Å². The van der Waals surface area contributed by atoms with Crippen molar-refractivity contribution in [3.05, 3.63) is 52.3 Å². The third kappa shape index (κ3) is 2.10. The van der Waals surface area contributed by atoms with E-state index in [1.165, 1.54) is 22.4 Å². The Kier molecular flexibility index (Phi) is 3.08. The van der Waals surface area contributed by atoms with E-state index in [9.17, 15) is 5.11 Å². The molecule has 2 aromatic rings. The number of benzene rings is 1. The highest BCUT2D eigenvalue weighted by molar-refractivity contribution is 5.34. The van der Waals surface area contributed by atoms with Gasteiger partial charge in [0, 0.05) is 43.9 Å². The van der Waals surface area contributed by atoms with E-state index >= 15 is 0 Å². The fourth-order valence-electron chi connectivity index (χ4n) is 3.92. The lowest BCUT2D eigenvalue weighted by molar-refractivity contribution is 0.180. The summed E-state index contributed by atoms with van der Waals surface area (Å²) in [5.41, 5.74) is 6.41. The van der Waals surface area contributed by atoms with Crippen LogP contribution in [0.4, 0.5) is 0 Å². The molecule has 0 unspecified atom stereocenters. The van der Waals surface area contributed by atoms with Gasteiger partial charge in [-0.1, -0.05) is 24.3 Å². The number of nitrogens with zero attached hydrogens (tertiary/aromatic N) is 3. The quantitative estimate of drug-likeness (QED) is 0.907. The minimum atomic E-state index is 0.0436. The first-order valence-corrected chi connectivity index (χ1v) is 7.71. The fourth-order valence-corrected chi connectivity index (χ4v) is 3.92. The molecule has 0 fully saturated rings. The van der Waals surface area contributed by atoms with Crippen LogP contribution in [0.25, 0.3) is 0 Å². The summed E-state index contributed by atoms with van der Waals surface area (Å²) in [6.45, 7) is 2.07. The van der Waals surface area contributed by atoms with Crippen molar-refractivity contribution in [1.82, 2.24) is 14.7 Å². The second kappa shape index (κ2) is 4.97. The van der Waals surface area contributed by atoms with Crippen molar-refractivity contribution in [2.45, 2.75) is 38.5 Å². The maximum atomic E-state index is 9.51. The number of hydrogen-bond donors (Lipinski definition) is 1. The Morgan fingerprint density at radius 1 is 1.24 bits per heavy atom. The summed E-state index contributed by atoms with van der Waals surface area (Å²) in [5.74, 6) is 0. The van der Waals surface area contributed by atoms with Gasteiger partial charge < -0.3 is 5.11 Å². The van der Waals surface area contributed by atoms with Crippen molar-refractivity contribution in [1.29, 1.82) is 0 Å². The van der Waals surface area contributed by atoms with Gasteiger partial charge in [-0.05, 0) is 24.0 Å². The Labute approximate surface area is 125 Å². The van der Waals surface area contributed by atoms with E-state index in [2.05, 4.69) is 34.3 Å². The predicted molar refractivity (Wildman–Crippen MR) is 80.9 cm³/mol. The van der Waals surface area contributed by atoms with Gasteiger partial charge in [-0.2, -0.15) is 5.10 Å².